The molecule has 202 valence electrons. The van der Waals surface area contributed by atoms with E-state index in [-0.39, 0.29) is 23.6 Å². The second-order valence-corrected chi connectivity index (χ2v) is 10.6. The van der Waals surface area contributed by atoms with E-state index in [2.05, 4.69) is 5.32 Å². The molecule has 1 fully saturated rings. The van der Waals surface area contributed by atoms with E-state index in [0.29, 0.717) is 37.1 Å². The minimum Gasteiger partial charge on any atom is -0.349 e. The van der Waals surface area contributed by atoms with Crippen LogP contribution in [0.4, 0.5) is 0 Å². The highest BCUT2D eigenvalue weighted by Crippen LogP contribution is 2.37. The molecule has 5 heteroatoms. The van der Waals surface area contributed by atoms with Crippen LogP contribution in [0.3, 0.4) is 0 Å². The molecular weight excluding hydrogens is 496 g/mol. The number of hydrogen-bond acceptors (Lipinski definition) is 3. The highest BCUT2D eigenvalue weighted by Gasteiger charge is 2.44. The molecule has 1 N–H and O–H groups in total. The van der Waals surface area contributed by atoms with Crippen molar-refractivity contribution in [1.29, 1.82) is 0 Å². The molecule has 5 rings (SSSR count). The number of likely N-dealkylation sites (tertiary alicyclic amines) is 1. The molecule has 1 unspecified atom stereocenters. The Bertz CT molecular complexity index is 1490. The summed E-state index contributed by atoms with van der Waals surface area (Å²) in [5.41, 5.74) is 4.50. The fraction of sp³-hybridized carbons (Fsp3) is 0.229. The van der Waals surface area contributed by atoms with E-state index in [9.17, 15) is 14.4 Å². The summed E-state index contributed by atoms with van der Waals surface area (Å²) in [6, 6.07) is 34.8. The van der Waals surface area contributed by atoms with Crippen molar-refractivity contribution in [3.63, 3.8) is 0 Å². The number of ketones is 1. The van der Waals surface area contributed by atoms with Gasteiger partial charge in [0.1, 0.15) is 0 Å². The van der Waals surface area contributed by atoms with Crippen LogP contribution in [-0.4, -0.2) is 35.6 Å². The lowest BCUT2D eigenvalue weighted by molar-refractivity contribution is -0.129. The van der Waals surface area contributed by atoms with Crippen LogP contribution in [-0.2, 0) is 10.2 Å². The van der Waals surface area contributed by atoms with E-state index in [0.717, 1.165) is 22.3 Å². The van der Waals surface area contributed by atoms with Crippen LogP contribution in [0, 0.1) is 0 Å². The molecule has 0 radical (unpaired) electrons. The molecule has 40 heavy (non-hydrogen) atoms. The van der Waals surface area contributed by atoms with Gasteiger partial charge < -0.3 is 10.2 Å². The molecule has 0 bridgehead atoms. The predicted molar refractivity (Wildman–Crippen MR) is 158 cm³/mol. The zero-order valence-electron chi connectivity index (χ0n) is 23.0. The van der Waals surface area contributed by atoms with E-state index < -0.39 is 5.41 Å². The largest absolute Gasteiger partial charge is 0.349 e. The van der Waals surface area contributed by atoms with Crippen molar-refractivity contribution in [2.24, 2.45) is 0 Å². The van der Waals surface area contributed by atoms with Gasteiger partial charge in [-0.05, 0) is 67.1 Å². The standard InChI is InChI=1S/C35H34N2O3/c1-25(27-10-5-3-6-11-27)36-34(40)35(32-14-7-4-8-15-32)20-22-37(23-21-35)33(39)29-18-16-28(17-19-29)31-13-9-12-30(24-31)26(2)38/h3-19,24-25H,20-23H2,1-2H3,(H,36,40). The molecule has 0 saturated carbocycles. The van der Waals surface area contributed by atoms with E-state index in [1.807, 2.05) is 115 Å². The van der Waals surface area contributed by atoms with Crippen LogP contribution < -0.4 is 5.32 Å². The monoisotopic (exact) mass is 530 g/mol. The summed E-state index contributed by atoms with van der Waals surface area (Å²) >= 11 is 0. The van der Waals surface area contributed by atoms with Crippen LogP contribution in [0.5, 0.6) is 0 Å². The number of nitrogens with one attached hydrogen (secondary N) is 1. The molecule has 1 aliphatic rings. The molecule has 1 saturated heterocycles. The van der Waals surface area contributed by atoms with Gasteiger partial charge in [-0.1, -0.05) is 91.0 Å². The Balaban J connectivity index is 1.31. The maximum absolute atomic E-state index is 13.9. The maximum atomic E-state index is 13.9. The third-order valence-electron chi connectivity index (χ3n) is 8.05. The Kier molecular flexibility index (Phi) is 7.92. The van der Waals surface area contributed by atoms with Gasteiger partial charge in [-0.15, -0.1) is 0 Å². The van der Waals surface area contributed by atoms with Crippen molar-refractivity contribution in [3.8, 4) is 11.1 Å². The predicted octanol–water partition coefficient (Wildman–Crippen LogP) is 6.61. The Morgan fingerprint density at radius 2 is 1.35 bits per heavy atom. The number of rotatable bonds is 7. The van der Waals surface area contributed by atoms with Gasteiger partial charge in [0.25, 0.3) is 5.91 Å². The van der Waals surface area contributed by atoms with Gasteiger partial charge in [-0.3, -0.25) is 14.4 Å². The van der Waals surface area contributed by atoms with Crippen molar-refractivity contribution >= 4 is 17.6 Å². The third-order valence-corrected chi connectivity index (χ3v) is 8.05. The Hall–Kier alpha value is -4.51. The highest BCUT2D eigenvalue weighted by molar-refractivity contribution is 5.97. The maximum Gasteiger partial charge on any atom is 0.253 e. The Labute approximate surface area is 235 Å². The average Bonchev–Trinajstić information content (AvgIpc) is 3.01. The lowest BCUT2D eigenvalue weighted by Gasteiger charge is -2.41. The van der Waals surface area contributed by atoms with Crippen molar-refractivity contribution in [3.05, 3.63) is 131 Å². The summed E-state index contributed by atoms with van der Waals surface area (Å²) in [6.07, 6.45) is 1.10. The molecule has 4 aromatic carbocycles. The van der Waals surface area contributed by atoms with Gasteiger partial charge in [-0.25, -0.2) is 0 Å². The number of carbonyl (C=O) groups is 3. The van der Waals surface area contributed by atoms with Gasteiger partial charge in [-0.2, -0.15) is 0 Å². The van der Waals surface area contributed by atoms with Crippen molar-refractivity contribution in [2.45, 2.75) is 38.1 Å². The summed E-state index contributed by atoms with van der Waals surface area (Å²) in [5, 5.41) is 3.25. The van der Waals surface area contributed by atoms with E-state index in [1.54, 1.807) is 13.0 Å². The Morgan fingerprint density at radius 1 is 0.725 bits per heavy atom. The van der Waals surface area contributed by atoms with Gasteiger partial charge in [0.15, 0.2) is 5.78 Å². The first-order valence-corrected chi connectivity index (χ1v) is 13.8. The van der Waals surface area contributed by atoms with Crippen LogP contribution in [0.15, 0.2) is 109 Å². The summed E-state index contributed by atoms with van der Waals surface area (Å²) < 4.78 is 0. The number of piperidine rings is 1. The number of nitrogens with zero attached hydrogens (tertiary/aromatic N) is 1. The van der Waals surface area contributed by atoms with Crippen molar-refractivity contribution in [2.75, 3.05) is 13.1 Å². The number of Topliss-reactive ketones (excluding diaryl/α,β-unsaturated/α-hetero) is 1. The van der Waals surface area contributed by atoms with Gasteiger partial charge in [0, 0.05) is 24.2 Å². The average molecular weight is 531 g/mol. The molecule has 1 aliphatic heterocycles. The summed E-state index contributed by atoms with van der Waals surface area (Å²) in [5.74, 6) is -0.0170. The molecule has 5 nitrogen and oxygen atoms in total. The van der Waals surface area contributed by atoms with Crippen LogP contribution in [0.1, 0.15) is 64.6 Å². The minimum absolute atomic E-state index is 0.000652. The minimum atomic E-state index is -0.702. The lowest BCUT2D eigenvalue weighted by atomic mass is 9.71. The number of amides is 2. The molecule has 0 aliphatic carbocycles. The van der Waals surface area contributed by atoms with Crippen LogP contribution in [0.25, 0.3) is 11.1 Å². The smallest absolute Gasteiger partial charge is 0.253 e. The van der Waals surface area contributed by atoms with E-state index in [1.165, 1.54) is 0 Å². The van der Waals surface area contributed by atoms with Gasteiger partial charge in [0.2, 0.25) is 5.91 Å². The van der Waals surface area contributed by atoms with Crippen LogP contribution in [0.2, 0.25) is 0 Å². The zero-order valence-corrected chi connectivity index (χ0v) is 23.0. The molecule has 1 atom stereocenters. The van der Waals surface area contributed by atoms with Gasteiger partial charge >= 0.3 is 0 Å². The SMILES string of the molecule is CC(=O)c1cccc(-c2ccc(C(=O)N3CCC(C(=O)NC(C)c4ccccc4)(c4ccccc4)CC3)cc2)c1. The molecule has 4 aromatic rings. The Morgan fingerprint density at radius 3 is 1.98 bits per heavy atom. The third kappa shape index (κ3) is 5.59. The summed E-state index contributed by atoms with van der Waals surface area (Å²) in [7, 11) is 0. The second kappa shape index (κ2) is 11.7. The first-order chi connectivity index (χ1) is 19.4. The molecule has 0 spiro atoms. The van der Waals surface area contributed by atoms with E-state index >= 15 is 0 Å². The molecule has 1 heterocycles. The van der Waals surface area contributed by atoms with E-state index in [4.69, 9.17) is 0 Å². The quantitative estimate of drug-likeness (QED) is 0.274. The topological polar surface area (TPSA) is 66.5 Å². The first-order valence-electron chi connectivity index (χ1n) is 13.8. The number of benzene rings is 4. The molecular formula is C35H34N2O3. The highest BCUT2D eigenvalue weighted by atomic mass is 16.2. The van der Waals surface area contributed by atoms with Crippen molar-refractivity contribution < 1.29 is 14.4 Å². The fourth-order valence-electron chi connectivity index (χ4n) is 5.56. The summed E-state index contributed by atoms with van der Waals surface area (Å²) in [6.45, 7) is 4.54. The zero-order chi connectivity index (χ0) is 28.1. The second-order valence-electron chi connectivity index (χ2n) is 10.6. The van der Waals surface area contributed by atoms with Gasteiger partial charge in [0.05, 0.1) is 11.5 Å². The normalized spacial score (nSPS) is 15.2. The number of hydrogen-bond donors (Lipinski definition) is 1. The molecule has 2 amide bonds. The fourth-order valence-corrected chi connectivity index (χ4v) is 5.56. The lowest BCUT2D eigenvalue weighted by Crippen LogP contribution is -2.53. The first kappa shape index (κ1) is 27.1. The summed E-state index contributed by atoms with van der Waals surface area (Å²) in [4.78, 5) is 40.9. The number of carbonyl (C=O) groups excluding carboxylic acids is 3. The van der Waals surface area contributed by atoms with Crippen LogP contribution >= 0.6 is 0 Å². The molecule has 0 aromatic heterocycles. The van der Waals surface area contributed by atoms with Crippen molar-refractivity contribution in [1.82, 2.24) is 10.2 Å².